The van der Waals surface area contributed by atoms with E-state index in [4.69, 9.17) is 0 Å². The number of rotatable bonds is 4. The molecule has 1 atom stereocenters. The third-order valence-corrected chi connectivity index (χ3v) is 5.71. The lowest BCUT2D eigenvalue weighted by Gasteiger charge is -2.39. The molecular formula is C19H24F3N5S. The van der Waals surface area contributed by atoms with Gasteiger partial charge in [-0.25, -0.2) is 4.98 Å². The first kappa shape index (κ1) is 20.6. The topological polar surface area (TPSA) is 43.8 Å². The number of nitrogens with zero attached hydrogens (tertiary/aromatic N) is 4. The van der Waals surface area contributed by atoms with Crippen molar-refractivity contribution in [3.63, 3.8) is 0 Å². The Kier molecular flexibility index (Phi) is 6.56. The van der Waals surface area contributed by atoms with Crippen molar-refractivity contribution < 1.29 is 13.2 Å². The number of alkyl halides is 3. The molecule has 9 heteroatoms. The van der Waals surface area contributed by atoms with Crippen LogP contribution in [0.15, 0.2) is 40.7 Å². The summed E-state index contributed by atoms with van der Waals surface area (Å²) in [5.41, 5.74) is 2.01. The Hall–Kier alpha value is -2.13. The van der Waals surface area contributed by atoms with Crippen molar-refractivity contribution in [3.8, 4) is 11.3 Å². The zero-order chi connectivity index (χ0) is 20.1. The molecule has 0 amide bonds. The van der Waals surface area contributed by atoms with Crippen molar-refractivity contribution in [3.05, 3.63) is 40.7 Å². The maximum atomic E-state index is 12.9. The molecule has 5 nitrogen and oxygen atoms in total. The summed E-state index contributed by atoms with van der Waals surface area (Å²) in [5.74, 6) is 0.691. The van der Waals surface area contributed by atoms with Crippen LogP contribution in [0.1, 0.15) is 11.9 Å². The van der Waals surface area contributed by atoms with Gasteiger partial charge in [-0.1, -0.05) is 30.3 Å². The van der Waals surface area contributed by atoms with Crippen LogP contribution in [0.4, 0.5) is 13.2 Å². The zero-order valence-corrected chi connectivity index (χ0v) is 16.7. The van der Waals surface area contributed by atoms with E-state index in [0.717, 1.165) is 16.3 Å². The molecule has 0 bridgehead atoms. The molecule has 1 aliphatic rings. The fraction of sp³-hybridized carbons (Fsp3) is 0.474. The first-order valence-electron chi connectivity index (χ1n) is 9.14. The van der Waals surface area contributed by atoms with E-state index in [1.54, 1.807) is 18.4 Å². The van der Waals surface area contributed by atoms with E-state index in [2.05, 4.69) is 15.3 Å². The van der Waals surface area contributed by atoms with E-state index in [-0.39, 0.29) is 0 Å². The molecule has 1 N–H and O–H groups in total. The fourth-order valence-electron chi connectivity index (χ4n) is 3.15. The highest BCUT2D eigenvalue weighted by molar-refractivity contribution is 7.09. The average Bonchev–Trinajstić information content (AvgIpc) is 3.17. The molecule has 152 valence electrons. The lowest BCUT2D eigenvalue weighted by atomic mass is 10.2. The van der Waals surface area contributed by atoms with Gasteiger partial charge in [0.15, 0.2) is 5.96 Å². The molecule has 28 heavy (non-hydrogen) atoms. The SMILES string of the molecule is CN=C(NCc1nc(-c2ccccc2)cs1)N1CCN(C(C)C(F)(F)F)CC1. The number of aromatic nitrogens is 1. The van der Waals surface area contributed by atoms with Crippen LogP contribution in [0.5, 0.6) is 0 Å². The van der Waals surface area contributed by atoms with Gasteiger partial charge in [-0.3, -0.25) is 9.89 Å². The van der Waals surface area contributed by atoms with Gasteiger partial charge < -0.3 is 10.2 Å². The Labute approximate surface area is 166 Å². The summed E-state index contributed by atoms with van der Waals surface area (Å²) in [6.45, 7) is 3.48. The molecule has 1 saturated heterocycles. The second-order valence-electron chi connectivity index (χ2n) is 6.63. The lowest BCUT2D eigenvalue weighted by Crippen LogP contribution is -2.56. The second-order valence-corrected chi connectivity index (χ2v) is 7.58. The first-order valence-corrected chi connectivity index (χ1v) is 10.0. The number of hydrogen-bond donors (Lipinski definition) is 1. The van der Waals surface area contributed by atoms with Crippen LogP contribution in [0.3, 0.4) is 0 Å². The Bertz CT molecular complexity index is 782. The van der Waals surface area contributed by atoms with E-state index >= 15 is 0 Å². The second kappa shape index (κ2) is 8.91. The Balaban J connectivity index is 1.53. The van der Waals surface area contributed by atoms with Crippen LogP contribution >= 0.6 is 11.3 Å². The fourth-order valence-corrected chi connectivity index (χ4v) is 3.89. The van der Waals surface area contributed by atoms with Gasteiger partial charge in [0.1, 0.15) is 11.0 Å². The molecule has 1 fully saturated rings. The van der Waals surface area contributed by atoms with E-state index in [0.29, 0.717) is 38.7 Å². The highest BCUT2D eigenvalue weighted by atomic mass is 32.1. The minimum Gasteiger partial charge on any atom is -0.350 e. The maximum absolute atomic E-state index is 12.9. The molecule has 1 aliphatic heterocycles. The summed E-state index contributed by atoms with van der Waals surface area (Å²) < 4.78 is 38.7. The van der Waals surface area contributed by atoms with Gasteiger partial charge in [0, 0.05) is 44.2 Å². The maximum Gasteiger partial charge on any atom is 0.403 e. The van der Waals surface area contributed by atoms with Crippen molar-refractivity contribution in [1.29, 1.82) is 0 Å². The number of nitrogens with one attached hydrogen (secondary N) is 1. The summed E-state index contributed by atoms with van der Waals surface area (Å²) >= 11 is 1.57. The van der Waals surface area contributed by atoms with Crippen LogP contribution in [0, 0.1) is 0 Å². The summed E-state index contributed by atoms with van der Waals surface area (Å²) in [6, 6.07) is 8.55. The smallest absolute Gasteiger partial charge is 0.350 e. The molecule has 0 radical (unpaired) electrons. The van der Waals surface area contributed by atoms with Crippen LogP contribution in [0.25, 0.3) is 11.3 Å². The Morgan fingerprint density at radius 2 is 1.89 bits per heavy atom. The van der Waals surface area contributed by atoms with E-state index in [9.17, 15) is 13.2 Å². The standard InChI is InChI=1S/C19H24F3N5S/c1-14(19(20,21)22)26-8-10-27(11-9-26)18(23-2)24-12-17-25-16(13-28-17)15-6-4-3-5-7-15/h3-7,13-14H,8-12H2,1-2H3,(H,23,24). The number of guanidine groups is 1. The summed E-state index contributed by atoms with van der Waals surface area (Å²) in [5, 5.41) is 6.23. The highest BCUT2D eigenvalue weighted by Gasteiger charge is 2.41. The van der Waals surface area contributed by atoms with Crippen molar-refractivity contribution >= 4 is 17.3 Å². The molecule has 0 saturated carbocycles. The Morgan fingerprint density at radius 3 is 2.50 bits per heavy atom. The summed E-state index contributed by atoms with van der Waals surface area (Å²) in [6.07, 6.45) is -4.19. The van der Waals surface area contributed by atoms with Crippen LogP contribution in [-0.2, 0) is 6.54 Å². The minimum atomic E-state index is -4.19. The van der Waals surface area contributed by atoms with E-state index in [1.165, 1.54) is 11.8 Å². The molecule has 1 aromatic heterocycles. The molecule has 0 spiro atoms. The number of hydrogen-bond acceptors (Lipinski definition) is 4. The third-order valence-electron chi connectivity index (χ3n) is 4.87. The summed E-state index contributed by atoms with van der Waals surface area (Å²) in [4.78, 5) is 12.4. The van der Waals surface area contributed by atoms with Crippen molar-refractivity contribution in [2.75, 3.05) is 33.2 Å². The number of halogens is 3. The number of benzene rings is 1. The molecule has 3 rings (SSSR count). The molecule has 2 aromatic rings. The first-order chi connectivity index (χ1) is 13.4. The number of thiazole rings is 1. The largest absolute Gasteiger partial charge is 0.403 e. The molecule has 1 aromatic carbocycles. The van der Waals surface area contributed by atoms with E-state index in [1.807, 2.05) is 40.6 Å². The highest BCUT2D eigenvalue weighted by Crippen LogP contribution is 2.25. The predicted octanol–water partition coefficient (Wildman–Crippen LogP) is 3.45. The normalized spacial score (nSPS) is 17.6. The number of aliphatic imine (C=N–C) groups is 1. The van der Waals surface area contributed by atoms with Crippen molar-refractivity contribution in [2.24, 2.45) is 4.99 Å². The Morgan fingerprint density at radius 1 is 1.21 bits per heavy atom. The van der Waals surface area contributed by atoms with Gasteiger partial charge in [-0.15, -0.1) is 11.3 Å². The zero-order valence-electron chi connectivity index (χ0n) is 15.9. The van der Waals surface area contributed by atoms with Gasteiger partial charge in [0.25, 0.3) is 0 Å². The van der Waals surface area contributed by atoms with Crippen molar-refractivity contribution in [1.82, 2.24) is 20.1 Å². The van der Waals surface area contributed by atoms with Gasteiger partial charge in [-0.05, 0) is 6.92 Å². The number of piperazine rings is 1. The molecule has 2 heterocycles. The quantitative estimate of drug-likeness (QED) is 0.618. The van der Waals surface area contributed by atoms with Crippen LogP contribution in [-0.4, -0.2) is 66.2 Å². The van der Waals surface area contributed by atoms with Gasteiger partial charge in [-0.2, -0.15) is 13.2 Å². The van der Waals surface area contributed by atoms with Gasteiger partial charge >= 0.3 is 6.18 Å². The molecule has 0 aliphatic carbocycles. The molecular weight excluding hydrogens is 387 g/mol. The van der Waals surface area contributed by atoms with Crippen molar-refractivity contribution in [2.45, 2.75) is 25.7 Å². The lowest BCUT2D eigenvalue weighted by molar-refractivity contribution is -0.181. The van der Waals surface area contributed by atoms with E-state index < -0.39 is 12.2 Å². The minimum absolute atomic E-state index is 0.358. The predicted molar refractivity (Wildman–Crippen MR) is 106 cm³/mol. The molecule has 1 unspecified atom stereocenters. The van der Waals surface area contributed by atoms with Crippen LogP contribution < -0.4 is 5.32 Å². The average molecular weight is 411 g/mol. The third kappa shape index (κ3) is 5.02. The van der Waals surface area contributed by atoms with Gasteiger partial charge in [0.2, 0.25) is 0 Å². The van der Waals surface area contributed by atoms with Gasteiger partial charge in [0.05, 0.1) is 12.2 Å². The summed E-state index contributed by atoms with van der Waals surface area (Å²) in [7, 11) is 1.68. The van der Waals surface area contributed by atoms with Crippen LogP contribution in [0.2, 0.25) is 0 Å². The monoisotopic (exact) mass is 411 g/mol.